The van der Waals surface area contributed by atoms with Crippen LogP contribution in [0.25, 0.3) is 6.08 Å². The summed E-state index contributed by atoms with van der Waals surface area (Å²) in [5, 5.41) is 2.84. The van der Waals surface area contributed by atoms with Crippen LogP contribution in [-0.2, 0) is 20.7 Å². The first-order valence-electron chi connectivity index (χ1n) is 9.74. The molecule has 29 heavy (non-hydrogen) atoms. The van der Waals surface area contributed by atoms with Gasteiger partial charge in [0, 0.05) is 6.08 Å². The number of hydrogen-bond donors (Lipinski definition) is 1. The van der Waals surface area contributed by atoms with Gasteiger partial charge in [-0.3, -0.25) is 4.79 Å². The first-order chi connectivity index (χ1) is 13.9. The molecule has 5 nitrogen and oxygen atoms in total. The number of rotatable bonds is 9. The molecule has 2 rings (SSSR count). The summed E-state index contributed by atoms with van der Waals surface area (Å²) >= 11 is 0. The van der Waals surface area contributed by atoms with Gasteiger partial charge in [0.1, 0.15) is 5.75 Å². The average Bonchev–Trinajstić information content (AvgIpc) is 2.71. The van der Waals surface area contributed by atoms with Crippen LogP contribution in [0.15, 0.2) is 54.6 Å². The van der Waals surface area contributed by atoms with Gasteiger partial charge in [0.05, 0.1) is 13.2 Å². The molecule has 2 aromatic rings. The minimum atomic E-state index is -0.568. The van der Waals surface area contributed by atoms with Crippen LogP contribution >= 0.6 is 0 Å². The molecule has 0 unspecified atom stereocenters. The molecular formula is C24H29NO4. The number of benzene rings is 2. The van der Waals surface area contributed by atoms with Crippen molar-refractivity contribution in [3.63, 3.8) is 0 Å². The van der Waals surface area contributed by atoms with E-state index in [2.05, 4.69) is 31.3 Å². The van der Waals surface area contributed by atoms with Gasteiger partial charge in [0.25, 0.3) is 5.91 Å². The number of methoxy groups -OCH3 is 1. The van der Waals surface area contributed by atoms with E-state index in [1.165, 1.54) is 11.6 Å². The Morgan fingerprint density at radius 2 is 1.66 bits per heavy atom. The highest BCUT2D eigenvalue weighted by Crippen LogP contribution is 2.15. The van der Waals surface area contributed by atoms with Gasteiger partial charge >= 0.3 is 5.97 Å². The third-order valence-electron chi connectivity index (χ3n) is 4.37. The number of amides is 1. The van der Waals surface area contributed by atoms with Crippen molar-refractivity contribution in [2.75, 3.05) is 13.7 Å². The maximum atomic E-state index is 12.1. The van der Waals surface area contributed by atoms with Crippen molar-refractivity contribution in [1.82, 2.24) is 5.32 Å². The fourth-order valence-electron chi connectivity index (χ4n) is 2.84. The molecule has 2 aromatic carbocycles. The molecule has 1 N–H and O–H groups in total. The maximum Gasteiger partial charge on any atom is 0.331 e. The van der Waals surface area contributed by atoms with Crippen LogP contribution in [-0.4, -0.2) is 25.6 Å². The van der Waals surface area contributed by atoms with Gasteiger partial charge in [0.2, 0.25) is 0 Å². The molecule has 0 radical (unpaired) electrons. The van der Waals surface area contributed by atoms with E-state index in [0.717, 1.165) is 23.3 Å². The Kier molecular flexibility index (Phi) is 8.46. The molecular weight excluding hydrogens is 366 g/mol. The number of hydrogen-bond acceptors (Lipinski definition) is 4. The van der Waals surface area contributed by atoms with Crippen LogP contribution in [0.5, 0.6) is 5.75 Å². The summed E-state index contributed by atoms with van der Waals surface area (Å²) in [5.41, 5.74) is 3.12. The lowest BCUT2D eigenvalue weighted by Gasteiger charge is -2.15. The van der Waals surface area contributed by atoms with Crippen LogP contribution < -0.4 is 10.1 Å². The van der Waals surface area contributed by atoms with Crippen molar-refractivity contribution in [2.45, 2.75) is 33.2 Å². The van der Waals surface area contributed by atoms with Crippen LogP contribution in [0.1, 0.15) is 43.5 Å². The van der Waals surface area contributed by atoms with Crippen molar-refractivity contribution < 1.29 is 19.1 Å². The lowest BCUT2D eigenvalue weighted by Crippen LogP contribution is -2.30. The van der Waals surface area contributed by atoms with Crippen molar-refractivity contribution >= 4 is 18.0 Å². The van der Waals surface area contributed by atoms with E-state index in [1.54, 1.807) is 25.3 Å². The number of nitrogens with one attached hydrogen (secondary N) is 1. The first-order valence-corrected chi connectivity index (χ1v) is 9.74. The highest BCUT2D eigenvalue weighted by molar-refractivity contribution is 5.89. The van der Waals surface area contributed by atoms with Gasteiger partial charge in [-0.1, -0.05) is 50.2 Å². The van der Waals surface area contributed by atoms with E-state index < -0.39 is 5.97 Å². The minimum absolute atomic E-state index is 0.163. The van der Waals surface area contributed by atoms with Gasteiger partial charge in [-0.15, -0.1) is 0 Å². The zero-order chi connectivity index (χ0) is 21.2. The largest absolute Gasteiger partial charge is 0.497 e. The van der Waals surface area contributed by atoms with Crippen molar-refractivity contribution in [1.29, 1.82) is 0 Å². The summed E-state index contributed by atoms with van der Waals surface area (Å²) in [4.78, 5) is 23.9. The molecule has 0 aliphatic carbocycles. The fraction of sp³-hybridized carbons (Fsp3) is 0.333. The normalized spacial score (nSPS) is 12.0. The summed E-state index contributed by atoms with van der Waals surface area (Å²) in [5.74, 6) is 0.438. The van der Waals surface area contributed by atoms with Crippen LogP contribution in [0, 0.1) is 5.92 Å². The molecule has 0 saturated heterocycles. The topological polar surface area (TPSA) is 64.6 Å². The lowest BCUT2D eigenvalue weighted by molar-refractivity contribution is -0.144. The predicted molar refractivity (Wildman–Crippen MR) is 115 cm³/mol. The molecule has 1 atom stereocenters. The highest BCUT2D eigenvalue weighted by Gasteiger charge is 2.11. The molecule has 1 amide bonds. The second-order valence-electron chi connectivity index (χ2n) is 7.34. The Morgan fingerprint density at radius 3 is 2.24 bits per heavy atom. The van der Waals surface area contributed by atoms with E-state index in [4.69, 9.17) is 9.47 Å². The SMILES string of the molecule is COc1ccc(/C=C/C(=O)OCC(=O)N[C@H](C)c2ccc(CC(C)C)cc2)cc1. The van der Waals surface area contributed by atoms with Crippen LogP contribution in [0.3, 0.4) is 0 Å². The molecule has 0 bridgehead atoms. The van der Waals surface area contributed by atoms with Gasteiger partial charge in [-0.2, -0.15) is 0 Å². The number of carbonyl (C=O) groups excluding carboxylic acids is 2. The van der Waals surface area contributed by atoms with Crippen molar-refractivity contribution in [2.24, 2.45) is 5.92 Å². The summed E-state index contributed by atoms with van der Waals surface area (Å²) in [6.45, 7) is 5.96. The number of carbonyl (C=O) groups is 2. The summed E-state index contributed by atoms with van der Waals surface area (Å²) in [6, 6.07) is 15.3. The Morgan fingerprint density at radius 1 is 1.00 bits per heavy atom. The standard InChI is InChI=1S/C24H29NO4/c1-17(2)15-20-5-10-21(11-6-20)18(3)25-23(26)16-29-24(27)14-9-19-7-12-22(28-4)13-8-19/h5-14,17-18H,15-16H2,1-4H3,(H,25,26)/b14-9+/t18-/m1/s1. The van der Waals surface area contributed by atoms with Crippen LogP contribution in [0.4, 0.5) is 0 Å². The summed E-state index contributed by atoms with van der Waals surface area (Å²) in [7, 11) is 1.59. The maximum absolute atomic E-state index is 12.1. The first kappa shape index (κ1) is 22.2. The second kappa shape index (κ2) is 11.1. The highest BCUT2D eigenvalue weighted by atomic mass is 16.5. The van der Waals surface area contributed by atoms with Crippen molar-refractivity contribution in [3.05, 3.63) is 71.3 Å². The fourth-order valence-corrected chi connectivity index (χ4v) is 2.84. The summed E-state index contributed by atoms with van der Waals surface area (Å²) < 4.78 is 10.1. The second-order valence-corrected chi connectivity index (χ2v) is 7.34. The van der Waals surface area contributed by atoms with Gasteiger partial charge in [-0.25, -0.2) is 4.79 Å². The van der Waals surface area contributed by atoms with E-state index in [1.807, 2.05) is 31.2 Å². The summed E-state index contributed by atoms with van der Waals surface area (Å²) in [6.07, 6.45) is 3.95. The van der Waals surface area contributed by atoms with Gasteiger partial charge in [0.15, 0.2) is 6.61 Å². The van der Waals surface area contributed by atoms with E-state index in [9.17, 15) is 9.59 Å². The van der Waals surface area contributed by atoms with Crippen molar-refractivity contribution in [3.8, 4) is 5.75 Å². The monoisotopic (exact) mass is 395 g/mol. The number of ether oxygens (including phenoxy) is 2. The molecule has 0 aliphatic heterocycles. The average molecular weight is 395 g/mol. The van der Waals surface area contributed by atoms with Crippen LogP contribution in [0.2, 0.25) is 0 Å². The quantitative estimate of drug-likeness (QED) is 0.507. The third kappa shape index (κ3) is 7.82. The zero-order valence-corrected chi connectivity index (χ0v) is 17.5. The molecule has 5 heteroatoms. The molecule has 0 aliphatic rings. The minimum Gasteiger partial charge on any atom is -0.497 e. The molecule has 0 heterocycles. The zero-order valence-electron chi connectivity index (χ0n) is 17.5. The van der Waals surface area contributed by atoms with Gasteiger partial charge < -0.3 is 14.8 Å². The van der Waals surface area contributed by atoms with Gasteiger partial charge in [-0.05, 0) is 54.2 Å². The third-order valence-corrected chi connectivity index (χ3v) is 4.37. The Balaban J connectivity index is 1.77. The van der Waals surface area contributed by atoms with E-state index in [-0.39, 0.29) is 18.6 Å². The molecule has 0 spiro atoms. The molecule has 0 saturated carbocycles. The Labute approximate surface area is 172 Å². The Hall–Kier alpha value is -3.08. The molecule has 0 aromatic heterocycles. The Bertz CT molecular complexity index is 823. The van der Waals surface area contributed by atoms with E-state index >= 15 is 0 Å². The molecule has 0 fully saturated rings. The molecule has 154 valence electrons. The van der Waals surface area contributed by atoms with E-state index in [0.29, 0.717) is 5.92 Å². The lowest BCUT2D eigenvalue weighted by atomic mass is 10.00. The number of esters is 1. The predicted octanol–water partition coefficient (Wildman–Crippen LogP) is 4.33. The smallest absolute Gasteiger partial charge is 0.331 e.